The highest BCUT2D eigenvalue weighted by Crippen LogP contribution is 2.29. The number of nitrogens with zero attached hydrogens (tertiary/aromatic N) is 2. The quantitative estimate of drug-likeness (QED) is 0.906. The van der Waals surface area contributed by atoms with Gasteiger partial charge in [-0.2, -0.15) is 0 Å². The third-order valence-electron chi connectivity index (χ3n) is 4.25. The zero-order chi connectivity index (χ0) is 14.6. The summed E-state index contributed by atoms with van der Waals surface area (Å²) in [7, 11) is 0. The van der Waals surface area contributed by atoms with Gasteiger partial charge in [0, 0.05) is 24.4 Å². The molecule has 20 heavy (non-hydrogen) atoms. The molecule has 0 bridgehead atoms. The van der Waals surface area contributed by atoms with E-state index in [0.29, 0.717) is 6.54 Å². The third-order valence-corrected chi connectivity index (χ3v) is 5.25. The fraction of sp³-hybridized carbons (Fsp3) is 0.733. The van der Waals surface area contributed by atoms with Gasteiger partial charge in [0.2, 0.25) is 5.91 Å². The van der Waals surface area contributed by atoms with Crippen LogP contribution in [0.25, 0.3) is 0 Å². The summed E-state index contributed by atoms with van der Waals surface area (Å²) >= 11 is 1.67. The molecule has 5 heteroatoms. The van der Waals surface area contributed by atoms with E-state index in [1.165, 1.54) is 4.88 Å². The summed E-state index contributed by atoms with van der Waals surface area (Å²) in [5.41, 5.74) is 2.73. The van der Waals surface area contributed by atoms with Gasteiger partial charge in [-0.3, -0.25) is 4.79 Å². The van der Waals surface area contributed by atoms with E-state index in [0.717, 1.165) is 44.6 Å². The lowest BCUT2D eigenvalue weighted by atomic mass is 9.81. The van der Waals surface area contributed by atoms with Crippen LogP contribution in [0.4, 0.5) is 0 Å². The first kappa shape index (κ1) is 15.4. The average molecular weight is 295 g/mol. The van der Waals surface area contributed by atoms with Crippen LogP contribution >= 0.6 is 11.3 Å². The van der Waals surface area contributed by atoms with E-state index in [-0.39, 0.29) is 11.3 Å². The number of likely N-dealkylation sites (tertiary alicyclic amines) is 1. The predicted molar refractivity (Wildman–Crippen MR) is 83.0 cm³/mol. The minimum absolute atomic E-state index is 0.206. The smallest absolute Gasteiger partial charge is 0.227 e. The summed E-state index contributed by atoms with van der Waals surface area (Å²) in [4.78, 5) is 20.3. The van der Waals surface area contributed by atoms with Crippen LogP contribution in [0.1, 0.15) is 37.3 Å². The standard InChI is InChI=1S/C15H25N3OS/c1-4-18-9-5-7-15(3,10-18)14(19)16-8-6-13-12(2)17-11-20-13/h11H,4-10H2,1-3H3,(H,16,19)/t15-/m0/s1. The molecule has 1 aromatic rings. The summed E-state index contributed by atoms with van der Waals surface area (Å²) in [5, 5.41) is 3.12. The SMILES string of the molecule is CCN1CCC[C@](C)(C(=O)NCCc2scnc2C)C1. The van der Waals surface area contributed by atoms with Crippen molar-refractivity contribution in [2.75, 3.05) is 26.2 Å². The average Bonchev–Trinajstić information content (AvgIpc) is 2.84. The van der Waals surface area contributed by atoms with Crippen LogP contribution in [0.15, 0.2) is 5.51 Å². The fourth-order valence-corrected chi connectivity index (χ4v) is 3.65. The van der Waals surface area contributed by atoms with Crippen molar-refractivity contribution < 1.29 is 4.79 Å². The molecule has 4 nitrogen and oxygen atoms in total. The van der Waals surface area contributed by atoms with E-state index < -0.39 is 0 Å². The molecular weight excluding hydrogens is 270 g/mol. The summed E-state index contributed by atoms with van der Waals surface area (Å²) in [6.07, 6.45) is 3.00. The molecule has 0 unspecified atom stereocenters. The minimum Gasteiger partial charge on any atom is -0.355 e. The molecule has 0 saturated carbocycles. The van der Waals surface area contributed by atoms with Crippen LogP contribution in [-0.4, -0.2) is 42.0 Å². The Morgan fingerprint density at radius 2 is 2.40 bits per heavy atom. The highest BCUT2D eigenvalue weighted by atomic mass is 32.1. The number of rotatable bonds is 5. The van der Waals surface area contributed by atoms with E-state index in [9.17, 15) is 4.79 Å². The number of aromatic nitrogens is 1. The first-order chi connectivity index (χ1) is 9.55. The molecule has 112 valence electrons. The van der Waals surface area contributed by atoms with Gasteiger partial charge in [-0.05, 0) is 39.8 Å². The lowest BCUT2D eigenvalue weighted by Crippen LogP contribution is -2.50. The van der Waals surface area contributed by atoms with Crippen molar-refractivity contribution in [1.82, 2.24) is 15.2 Å². The fourth-order valence-electron chi connectivity index (χ4n) is 2.87. The van der Waals surface area contributed by atoms with Gasteiger partial charge in [-0.15, -0.1) is 11.3 Å². The van der Waals surface area contributed by atoms with Gasteiger partial charge in [0.15, 0.2) is 0 Å². The van der Waals surface area contributed by atoms with Crippen LogP contribution in [-0.2, 0) is 11.2 Å². The van der Waals surface area contributed by atoms with Crippen molar-refractivity contribution in [3.63, 3.8) is 0 Å². The van der Waals surface area contributed by atoms with Crippen molar-refractivity contribution in [3.05, 3.63) is 16.1 Å². The van der Waals surface area contributed by atoms with Crippen LogP contribution in [0.5, 0.6) is 0 Å². The Hall–Kier alpha value is -0.940. The second kappa shape index (κ2) is 6.68. The molecule has 1 aliphatic rings. The van der Waals surface area contributed by atoms with Gasteiger partial charge in [0.05, 0.1) is 16.6 Å². The number of hydrogen-bond donors (Lipinski definition) is 1. The highest BCUT2D eigenvalue weighted by Gasteiger charge is 2.36. The van der Waals surface area contributed by atoms with Crippen molar-refractivity contribution in [2.45, 2.75) is 40.0 Å². The van der Waals surface area contributed by atoms with Crippen LogP contribution in [0.2, 0.25) is 0 Å². The van der Waals surface area contributed by atoms with Gasteiger partial charge < -0.3 is 10.2 Å². The summed E-state index contributed by atoms with van der Waals surface area (Å²) in [6.45, 7) is 10.0. The molecule has 1 fully saturated rings. The van der Waals surface area contributed by atoms with Crippen LogP contribution in [0, 0.1) is 12.3 Å². The molecule has 1 aliphatic heterocycles. The van der Waals surface area contributed by atoms with E-state index >= 15 is 0 Å². The second-order valence-corrected chi connectivity index (χ2v) is 6.84. The Balaban J connectivity index is 1.83. The van der Waals surface area contributed by atoms with Crippen molar-refractivity contribution in [3.8, 4) is 0 Å². The maximum Gasteiger partial charge on any atom is 0.227 e. The summed E-state index contributed by atoms with van der Waals surface area (Å²) in [5.74, 6) is 0.206. The minimum atomic E-state index is -0.225. The highest BCUT2D eigenvalue weighted by molar-refractivity contribution is 7.09. The Morgan fingerprint density at radius 3 is 3.05 bits per heavy atom. The number of aryl methyl sites for hydroxylation is 1. The predicted octanol–water partition coefficient (Wildman–Crippen LogP) is 2.23. The van der Waals surface area contributed by atoms with Crippen molar-refractivity contribution in [1.29, 1.82) is 0 Å². The molecule has 0 spiro atoms. The van der Waals surface area contributed by atoms with Gasteiger partial charge >= 0.3 is 0 Å². The van der Waals surface area contributed by atoms with E-state index in [1.807, 2.05) is 12.4 Å². The molecule has 0 radical (unpaired) electrons. The normalized spacial score (nSPS) is 23.8. The zero-order valence-corrected chi connectivity index (χ0v) is 13.6. The monoisotopic (exact) mass is 295 g/mol. The topological polar surface area (TPSA) is 45.2 Å². The molecule has 1 atom stereocenters. The van der Waals surface area contributed by atoms with Gasteiger partial charge in [-0.1, -0.05) is 6.92 Å². The number of carbonyl (C=O) groups is 1. The van der Waals surface area contributed by atoms with Gasteiger partial charge in [-0.25, -0.2) is 4.98 Å². The number of piperidine rings is 1. The second-order valence-electron chi connectivity index (χ2n) is 5.90. The molecular formula is C15H25N3OS. The maximum atomic E-state index is 12.4. The molecule has 0 aliphatic carbocycles. The molecule has 1 amide bonds. The third kappa shape index (κ3) is 3.58. The summed E-state index contributed by atoms with van der Waals surface area (Å²) < 4.78 is 0. The Morgan fingerprint density at radius 1 is 1.60 bits per heavy atom. The zero-order valence-electron chi connectivity index (χ0n) is 12.7. The Labute approximate surface area is 125 Å². The molecule has 2 heterocycles. The van der Waals surface area contributed by atoms with Crippen LogP contribution in [0.3, 0.4) is 0 Å². The number of carbonyl (C=O) groups excluding carboxylic acids is 1. The van der Waals surface area contributed by atoms with E-state index in [4.69, 9.17) is 0 Å². The molecule has 1 saturated heterocycles. The molecule has 0 aromatic carbocycles. The van der Waals surface area contributed by atoms with Crippen molar-refractivity contribution >= 4 is 17.2 Å². The number of nitrogens with one attached hydrogen (secondary N) is 1. The first-order valence-electron chi connectivity index (χ1n) is 7.45. The Kier molecular flexibility index (Phi) is 5.16. The first-order valence-corrected chi connectivity index (χ1v) is 8.33. The molecule has 1 N–H and O–H groups in total. The molecule has 2 rings (SSSR count). The van der Waals surface area contributed by atoms with E-state index in [1.54, 1.807) is 11.3 Å². The number of hydrogen-bond acceptors (Lipinski definition) is 4. The molecule has 1 aromatic heterocycles. The van der Waals surface area contributed by atoms with Crippen molar-refractivity contribution in [2.24, 2.45) is 5.41 Å². The number of amides is 1. The maximum absolute atomic E-state index is 12.4. The van der Waals surface area contributed by atoms with Gasteiger partial charge in [0.1, 0.15) is 0 Å². The van der Waals surface area contributed by atoms with E-state index in [2.05, 4.69) is 29.0 Å². The van der Waals surface area contributed by atoms with Crippen LogP contribution < -0.4 is 5.32 Å². The Bertz CT molecular complexity index is 460. The summed E-state index contributed by atoms with van der Waals surface area (Å²) in [6, 6.07) is 0. The van der Waals surface area contributed by atoms with Gasteiger partial charge in [0.25, 0.3) is 0 Å². The lowest BCUT2D eigenvalue weighted by molar-refractivity contribution is -0.133. The lowest BCUT2D eigenvalue weighted by Gasteiger charge is -2.38. The number of thiazole rings is 1. The largest absolute Gasteiger partial charge is 0.355 e.